The molecule has 1 saturated heterocycles. The molecule has 0 bridgehead atoms. The number of carbonyl (C=O) groups excluding carboxylic acids is 1. The Balaban J connectivity index is 0.00000176. The van der Waals surface area contributed by atoms with Gasteiger partial charge in [0.2, 0.25) is 5.91 Å². The van der Waals surface area contributed by atoms with Crippen LogP contribution in [0.4, 0.5) is 5.69 Å². The summed E-state index contributed by atoms with van der Waals surface area (Å²) in [6, 6.07) is 7.49. The Bertz CT molecular complexity index is 471. The highest BCUT2D eigenvalue weighted by Gasteiger charge is 2.20. The predicted octanol–water partition coefficient (Wildman–Crippen LogP) is 2.21. The molecule has 1 amide bonds. The number of hydrogen-bond donors (Lipinski definition) is 2. The summed E-state index contributed by atoms with van der Waals surface area (Å²) < 4.78 is 11.1. The van der Waals surface area contributed by atoms with Gasteiger partial charge in [-0.05, 0) is 49.6 Å². The monoisotopic (exact) mass is 326 g/mol. The Labute approximate surface area is 137 Å². The Morgan fingerprint density at radius 2 is 2.00 bits per heavy atom. The molecule has 6 heteroatoms. The minimum atomic E-state index is -0.00601. The van der Waals surface area contributed by atoms with Crippen LogP contribution in [-0.2, 0) is 9.53 Å². The fourth-order valence-electron chi connectivity index (χ4n) is 2.33. The quantitative estimate of drug-likeness (QED) is 0.806. The van der Waals surface area contributed by atoms with Gasteiger partial charge in [-0.1, -0.05) is 0 Å². The molecule has 1 aliphatic heterocycles. The summed E-state index contributed by atoms with van der Waals surface area (Å²) in [6.45, 7) is 2.75. The maximum atomic E-state index is 11.8. The average Bonchev–Trinajstić information content (AvgIpc) is 3.16. The molecule has 1 atom stereocenters. The molecule has 1 aromatic carbocycles. The first-order valence-electron chi connectivity index (χ1n) is 7.64. The lowest BCUT2D eigenvalue weighted by Gasteiger charge is -2.12. The van der Waals surface area contributed by atoms with Gasteiger partial charge in [0.25, 0.3) is 0 Å². The Morgan fingerprint density at radius 3 is 2.64 bits per heavy atom. The van der Waals surface area contributed by atoms with Crippen molar-refractivity contribution in [2.45, 2.75) is 25.4 Å². The average molecular weight is 327 g/mol. The van der Waals surface area contributed by atoms with E-state index in [0.717, 1.165) is 36.9 Å². The number of anilines is 1. The fourth-order valence-corrected chi connectivity index (χ4v) is 2.33. The van der Waals surface area contributed by atoms with Crippen molar-refractivity contribution in [2.24, 2.45) is 5.92 Å². The number of hydrogen-bond acceptors (Lipinski definition) is 4. The van der Waals surface area contributed by atoms with Gasteiger partial charge < -0.3 is 20.1 Å². The van der Waals surface area contributed by atoms with Crippen molar-refractivity contribution < 1.29 is 14.3 Å². The summed E-state index contributed by atoms with van der Waals surface area (Å²) >= 11 is 0. The molecule has 2 fully saturated rings. The summed E-state index contributed by atoms with van der Waals surface area (Å²) in [7, 11) is 0. The van der Waals surface area contributed by atoms with Gasteiger partial charge >= 0.3 is 0 Å². The molecular weight excluding hydrogens is 304 g/mol. The third-order valence-electron chi connectivity index (χ3n) is 3.74. The van der Waals surface area contributed by atoms with Crippen LogP contribution in [0.15, 0.2) is 24.3 Å². The largest absolute Gasteiger partial charge is 0.488 e. The van der Waals surface area contributed by atoms with Gasteiger partial charge in [0.05, 0.1) is 19.8 Å². The van der Waals surface area contributed by atoms with E-state index in [9.17, 15) is 4.79 Å². The van der Waals surface area contributed by atoms with Gasteiger partial charge in [0.15, 0.2) is 0 Å². The summed E-state index contributed by atoms with van der Waals surface area (Å²) in [5, 5.41) is 6.05. The smallest absolute Gasteiger partial charge is 0.238 e. The van der Waals surface area contributed by atoms with Crippen LogP contribution in [0.2, 0.25) is 0 Å². The summed E-state index contributed by atoms with van der Waals surface area (Å²) in [5.41, 5.74) is 0.795. The molecule has 1 heterocycles. The van der Waals surface area contributed by atoms with Crippen molar-refractivity contribution in [3.05, 3.63) is 24.3 Å². The molecular formula is C16H23ClN2O3. The number of carbonyl (C=O) groups is 1. The van der Waals surface area contributed by atoms with Crippen LogP contribution in [0.1, 0.15) is 19.3 Å². The lowest BCUT2D eigenvalue weighted by Crippen LogP contribution is -2.29. The Kier molecular flexibility index (Phi) is 6.49. The number of ether oxygens (including phenoxy) is 2. The van der Waals surface area contributed by atoms with E-state index in [1.54, 1.807) is 0 Å². The van der Waals surface area contributed by atoms with Crippen molar-refractivity contribution >= 4 is 24.0 Å². The predicted molar refractivity (Wildman–Crippen MR) is 87.8 cm³/mol. The zero-order valence-electron chi connectivity index (χ0n) is 12.5. The van der Waals surface area contributed by atoms with E-state index in [0.29, 0.717) is 13.2 Å². The molecule has 1 saturated carbocycles. The van der Waals surface area contributed by atoms with Crippen LogP contribution in [0.25, 0.3) is 0 Å². The third kappa shape index (κ3) is 5.48. The van der Waals surface area contributed by atoms with Crippen LogP contribution < -0.4 is 15.4 Å². The van der Waals surface area contributed by atoms with Crippen LogP contribution in [0.5, 0.6) is 5.75 Å². The molecule has 2 N–H and O–H groups in total. The van der Waals surface area contributed by atoms with Gasteiger partial charge in [-0.2, -0.15) is 0 Å². The first-order chi connectivity index (χ1) is 10.3. The second-order valence-corrected chi connectivity index (χ2v) is 5.75. The molecule has 0 radical (unpaired) electrons. The topological polar surface area (TPSA) is 59.6 Å². The van der Waals surface area contributed by atoms with E-state index in [4.69, 9.17) is 9.47 Å². The highest BCUT2D eigenvalue weighted by molar-refractivity contribution is 5.92. The third-order valence-corrected chi connectivity index (χ3v) is 3.74. The molecule has 3 rings (SSSR count). The van der Waals surface area contributed by atoms with E-state index in [-0.39, 0.29) is 24.4 Å². The van der Waals surface area contributed by atoms with Crippen molar-refractivity contribution in [1.82, 2.24) is 5.32 Å². The van der Waals surface area contributed by atoms with Crippen LogP contribution >= 0.6 is 12.4 Å². The van der Waals surface area contributed by atoms with Gasteiger partial charge in [-0.15, -0.1) is 12.4 Å². The number of rotatable bonds is 7. The standard InChI is InChI=1S/C16H22N2O3.ClH/c19-16(10-17-9-12-1-2-12)18-13-3-5-14(6-4-13)21-15-7-8-20-11-15;/h3-6,12,15,17H,1-2,7-11H2,(H,18,19);1H. The zero-order chi connectivity index (χ0) is 14.5. The highest BCUT2D eigenvalue weighted by atomic mass is 35.5. The Hall–Kier alpha value is -1.30. The summed E-state index contributed by atoms with van der Waals surface area (Å²) in [5.74, 6) is 1.60. The summed E-state index contributed by atoms with van der Waals surface area (Å²) in [4.78, 5) is 11.8. The maximum Gasteiger partial charge on any atom is 0.238 e. The van der Waals surface area contributed by atoms with Crippen LogP contribution in [0, 0.1) is 5.92 Å². The molecule has 122 valence electrons. The van der Waals surface area contributed by atoms with Gasteiger partial charge in [0.1, 0.15) is 11.9 Å². The molecule has 22 heavy (non-hydrogen) atoms. The van der Waals surface area contributed by atoms with E-state index in [2.05, 4.69) is 10.6 Å². The van der Waals surface area contributed by atoms with Crippen LogP contribution in [0.3, 0.4) is 0 Å². The minimum Gasteiger partial charge on any atom is -0.488 e. The second kappa shape index (κ2) is 8.36. The van der Waals surface area contributed by atoms with Crippen molar-refractivity contribution in [2.75, 3.05) is 31.6 Å². The molecule has 2 aliphatic rings. The summed E-state index contributed by atoms with van der Waals surface area (Å²) in [6.07, 6.45) is 3.67. The highest BCUT2D eigenvalue weighted by Crippen LogP contribution is 2.27. The van der Waals surface area contributed by atoms with E-state index in [1.807, 2.05) is 24.3 Å². The van der Waals surface area contributed by atoms with E-state index < -0.39 is 0 Å². The maximum absolute atomic E-state index is 11.8. The van der Waals surface area contributed by atoms with Gasteiger partial charge in [-0.3, -0.25) is 4.79 Å². The first-order valence-corrected chi connectivity index (χ1v) is 7.64. The second-order valence-electron chi connectivity index (χ2n) is 5.75. The van der Waals surface area contributed by atoms with Gasteiger partial charge in [0, 0.05) is 12.1 Å². The number of amides is 1. The van der Waals surface area contributed by atoms with Crippen LogP contribution in [-0.4, -0.2) is 38.3 Å². The molecule has 0 spiro atoms. The zero-order valence-corrected chi connectivity index (χ0v) is 13.4. The van der Waals surface area contributed by atoms with E-state index >= 15 is 0 Å². The minimum absolute atomic E-state index is 0. The number of halogens is 1. The van der Waals surface area contributed by atoms with Crippen molar-refractivity contribution in [3.63, 3.8) is 0 Å². The lowest BCUT2D eigenvalue weighted by molar-refractivity contribution is -0.115. The fraction of sp³-hybridized carbons (Fsp3) is 0.562. The molecule has 1 aliphatic carbocycles. The van der Waals surface area contributed by atoms with E-state index in [1.165, 1.54) is 12.8 Å². The molecule has 1 aromatic rings. The van der Waals surface area contributed by atoms with Gasteiger partial charge in [-0.25, -0.2) is 0 Å². The number of benzene rings is 1. The number of nitrogens with one attached hydrogen (secondary N) is 2. The molecule has 1 unspecified atom stereocenters. The van der Waals surface area contributed by atoms with Crippen molar-refractivity contribution in [1.29, 1.82) is 0 Å². The molecule has 5 nitrogen and oxygen atoms in total. The SMILES string of the molecule is Cl.O=C(CNCC1CC1)Nc1ccc(OC2CCOC2)cc1. The van der Waals surface area contributed by atoms with Crippen molar-refractivity contribution in [3.8, 4) is 5.75 Å². The first kappa shape index (κ1) is 17.1. The molecule has 0 aromatic heterocycles. The lowest BCUT2D eigenvalue weighted by atomic mass is 10.2. The normalized spacial score (nSPS) is 20.3. The Morgan fingerprint density at radius 1 is 1.23 bits per heavy atom.